The molecular formula is C24H37N3O3. The Labute approximate surface area is 180 Å². The van der Waals surface area contributed by atoms with Gasteiger partial charge in [0, 0.05) is 37.8 Å². The third-order valence-corrected chi connectivity index (χ3v) is 6.71. The summed E-state index contributed by atoms with van der Waals surface area (Å²) in [6.07, 6.45) is 4.35. The number of carbonyl (C=O) groups excluding carboxylic acids is 2. The van der Waals surface area contributed by atoms with Crippen molar-refractivity contribution in [1.82, 2.24) is 10.2 Å². The standard InChI is InChI=1S/C24H37N3O3/c1-17(2)22(25-23(28)21-8-6-5-7-18(21)3)24(29)27-15-13-26(14-16-27)19-9-11-20(30-4)12-10-19/h9-12,17-18,21-22H,5-8,13-16H2,1-4H3,(H,25,28)/t18-,21+,22-/m1/s1. The van der Waals surface area contributed by atoms with Crippen LogP contribution >= 0.6 is 0 Å². The van der Waals surface area contributed by atoms with E-state index in [4.69, 9.17) is 4.74 Å². The molecule has 2 aliphatic rings. The Bertz CT molecular complexity index is 711. The van der Waals surface area contributed by atoms with E-state index in [1.165, 1.54) is 6.42 Å². The molecule has 30 heavy (non-hydrogen) atoms. The molecule has 1 aliphatic carbocycles. The highest BCUT2D eigenvalue weighted by molar-refractivity contribution is 5.89. The van der Waals surface area contributed by atoms with Crippen LogP contribution in [0.2, 0.25) is 0 Å². The summed E-state index contributed by atoms with van der Waals surface area (Å²) in [5.41, 5.74) is 1.14. The van der Waals surface area contributed by atoms with Crippen molar-refractivity contribution in [3.63, 3.8) is 0 Å². The zero-order chi connectivity index (χ0) is 21.7. The minimum atomic E-state index is -0.445. The number of rotatable bonds is 6. The Morgan fingerprint density at radius 2 is 1.67 bits per heavy atom. The van der Waals surface area contributed by atoms with Crippen LogP contribution in [0, 0.1) is 17.8 Å². The molecule has 1 heterocycles. The van der Waals surface area contributed by atoms with Crippen LogP contribution in [0.1, 0.15) is 46.5 Å². The van der Waals surface area contributed by atoms with Gasteiger partial charge >= 0.3 is 0 Å². The van der Waals surface area contributed by atoms with Gasteiger partial charge < -0.3 is 19.9 Å². The first kappa shape index (κ1) is 22.4. The molecule has 1 aromatic rings. The van der Waals surface area contributed by atoms with Gasteiger partial charge in [-0.3, -0.25) is 9.59 Å². The van der Waals surface area contributed by atoms with Crippen LogP contribution in [0.25, 0.3) is 0 Å². The lowest BCUT2D eigenvalue weighted by atomic mass is 9.79. The quantitative estimate of drug-likeness (QED) is 0.774. The van der Waals surface area contributed by atoms with E-state index in [0.29, 0.717) is 19.0 Å². The second-order valence-electron chi connectivity index (χ2n) is 9.11. The molecule has 1 N–H and O–H groups in total. The molecule has 0 aromatic heterocycles. The summed E-state index contributed by atoms with van der Waals surface area (Å²) in [6, 6.07) is 7.59. The molecule has 0 unspecified atom stereocenters. The summed E-state index contributed by atoms with van der Waals surface area (Å²) in [7, 11) is 1.66. The molecule has 6 nitrogen and oxygen atoms in total. The Kier molecular flexibility index (Phi) is 7.62. The predicted molar refractivity (Wildman–Crippen MR) is 120 cm³/mol. The number of amides is 2. The van der Waals surface area contributed by atoms with E-state index in [1.54, 1.807) is 7.11 Å². The molecule has 3 rings (SSSR count). The van der Waals surface area contributed by atoms with Gasteiger partial charge in [-0.2, -0.15) is 0 Å². The largest absolute Gasteiger partial charge is 0.497 e. The number of hydrogen-bond acceptors (Lipinski definition) is 4. The summed E-state index contributed by atoms with van der Waals surface area (Å²) in [4.78, 5) is 30.3. The van der Waals surface area contributed by atoms with Crippen LogP contribution in [0.4, 0.5) is 5.69 Å². The molecule has 1 aliphatic heterocycles. The third kappa shape index (κ3) is 5.27. The van der Waals surface area contributed by atoms with E-state index >= 15 is 0 Å². The smallest absolute Gasteiger partial charge is 0.245 e. The van der Waals surface area contributed by atoms with Gasteiger partial charge in [0.15, 0.2) is 0 Å². The monoisotopic (exact) mass is 415 g/mol. The van der Waals surface area contributed by atoms with Crippen molar-refractivity contribution in [3.05, 3.63) is 24.3 Å². The van der Waals surface area contributed by atoms with E-state index in [0.717, 1.165) is 43.8 Å². The predicted octanol–water partition coefficient (Wildman–Crippen LogP) is 3.31. The second kappa shape index (κ2) is 10.2. The van der Waals surface area contributed by atoms with Gasteiger partial charge in [-0.15, -0.1) is 0 Å². The number of nitrogens with one attached hydrogen (secondary N) is 1. The fourth-order valence-electron chi connectivity index (χ4n) is 4.65. The van der Waals surface area contributed by atoms with Gasteiger partial charge in [0.2, 0.25) is 11.8 Å². The molecule has 2 fully saturated rings. The minimum absolute atomic E-state index is 0.0414. The molecule has 2 amide bonds. The highest BCUT2D eigenvalue weighted by Crippen LogP contribution is 2.30. The summed E-state index contributed by atoms with van der Waals surface area (Å²) in [5.74, 6) is 1.46. The molecular weight excluding hydrogens is 378 g/mol. The summed E-state index contributed by atoms with van der Waals surface area (Å²) in [5, 5.41) is 3.11. The normalized spacial score (nSPS) is 23.2. The van der Waals surface area contributed by atoms with Crippen molar-refractivity contribution >= 4 is 17.5 Å². The summed E-state index contributed by atoms with van der Waals surface area (Å²) in [6.45, 7) is 9.11. The lowest BCUT2D eigenvalue weighted by Crippen LogP contribution is -2.57. The summed E-state index contributed by atoms with van der Waals surface area (Å²) < 4.78 is 5.23. The van der Waals surface area contributed by atoms with Gasteiger partial charge in [-0.25, -0.2) is 0 Å². The van der Waals surface area contributed by atoms with Gasteiger partial charge in [0.25, 0.3) is 0 Å². The van der Waals surface area contributed by atoms with E-state index in [1.807, 2.05) is 30.9 Å². The average Bonchev–Trinajstić information content (AvgIpc) is 2.77. The Hall–Kier alpha value is -2.24. The number of methoxy groups -OCH3 is 1. The van der Waals surface area contributed by atoms with Crippen LogP contribution in [-0.4, -0.2) is 56.0 Å². The first-order valence-corrected chi connectivity index (χ1v) is 11.4. The molecule has 166 valence electrons. The Balaban J connectivity index is 1.57. The van der Waals surface area contributed by atoms with Crippen molar-refractivity contribution in [3.8, 4) is 5.75 Å². The van der Waals surface area contributed by atoms with Crippen molar-refractivity contribution in [1.29, 1.82) is 0 Å². The van der Waals surface area contributed by atoms with Crippen LogP contribution in [0.5, 0.6) is 5.75 Å². The van der Waals surface area contributed by atoms with Crippen LogP contribution in [0.3, 0.4) is 0 Å². The molecule has 6 heteroatoms. The Morgan fingerprint density at radius 1 is 1.03 bits per heavy atom. The van der Waals surface area contributed by atoms with E-state index < -0.39 is 6.04 Å². The number of nitrogens with zero attached hydrogens (tertiary/aromatic N) is 2. The maximum Gasteiger partial charge on any atom is 0.245 e. The topological polar surface area (TPSA) is 61.9 Å². The van der Waals surface area contributed by atoms with Gasteiger partial charge in [0.05, 0.1) is 7.11 Å². The zero-order valence-electron chi connectivity index (χ0n) is 18.9. The number of piperazine rings is 1. The van der Waals surface area contributed by atoms with Crippen LogP contribution in [0.15, 0.2) is 24.3 Å². The molecule has 3 atom stereocenters. The molecule has 0 spiro atoms. The molecule has 1 saturated carbocycles. The minimum Gasteiger partial charge on any atom is -0.497 e. The second-order valence-corrected chi connectivity index (χ2v) is 9.11. The Morgan fingerprint density at radius 3 is 2.23 bits per heavy atom. The molecule has 1 saturated heterocycles. The number of carbonyl (C=O) groups is 2. The SMILES string of the molecule is COc1ccc(N2CCN(C(=O)[C@H](NC(=O)[C@H]3CCCC[C@H]3C)C(C)C)CC2)cc1. The maximum absolute atomic E-state index is 13.2. The average molecular weight is 416 g/mol. The first-order valence-electron chi connectivity index (χ1n) is 11.4. The van der Waals surface area contributed by atoms with E-state index in [9.17, 15) is 9.59 Å². The fraction of sp³-hybridized carbons (Fsp3) is 0.667. The first-order chi connectivity index (χ1) is 14.4. The van der Waals surface area contributed by atoms with Crippen molar-refractivity contribution in [2.24, 2.45) is 17.8 Å². The molecule has 0 bridgehead atoms. The number of benzene rings is 1. The zero-order valence-corrected chi connectivity index (χ0v) is 18.9. The van der Waals surface area contributed by atoms with E-state index in [2.05, 4.69) is 29.3 Å². The van der Waals surface area contributed by atoms with Crippen LogP contribution < -0.4 is 15.0 Å². The van der Waals surface area contributed by atoms with E-state index in [-0.39, 0.29) is 23.7 Å². The maximum atomic E-state index is 13.2. The lowest BCUT2D eigenvalue weighted by Gasteiger charge is -2.39. The van der Waals surface area contributed by atoms with Crippen LogP contribution in [-0.2, 0) is 9.59 Å². The molecule has 0 radical (unpaired) electrons. The number of ether oxygens (including phenoxy) is 1. The number of anilines is 1. The number of hydrogen-bond donors (Lipinski definition) is 1. The summed E-state index contributed by atoms with van der Waals surface area (Å²) >= 11 is 0. The van der Waals surface area contributed by atoms with Crippen molar-refractivity contribution in [2.75, 3.05) is 38.2 Å². The van der Waals surface area contributed by atoms with Gasteiger partial charge in [-0.1, -0.05) is 33.6 Å². The van der Waals surface area contributed by atoms with Crippen molar-refractivity contribution < 1.29 is 14.3 Å². The van der Waals surface area contributed by atoms with Crippen molar-refractivity contribution in [2.45, 2.75) is 52.5 Å². The van der Waals surface area contributed by atoms with Gasteiger partial charge in [0.1, 0.15) is 11.8 Å². The highest BCUT2D eigenvalue weighted by atomic mass is 16.5. The molecule has 1 aromatic carbocycles. The third-order valence-electron chi connectivity index (χ3n) is 6.71. The van der Waals surface area contributed by atoms with Gasteiger partial charge in [-0.05, 0) is 48.9 Å². The lowest BCUT2D eigenvalue weighted by molar-refractivity contribution is -0.139. The highest BCUT2D eigenvalue weighted by Gasteiger charge is 2.34. The fourth-order valence-corrected chi connectivity index (χ4v) is 4.65.